The van der Waals surface area contributed by atoms with Gasteiger partial charge in [0.05, 0.1) is 12.8 Å². The molecule has 1 aromatic rings. The minimum Gasteiger partial charge on any atom is -0.507 e. The Morgan fingerprint density at radius 2 is 2.13 bits per heavy atom. The molecule has 1 N–H and O–H groups in total. The lowest BCUT2D eigenvalue weighted by molar-refractivity contribution is -0.142. The molecule has 0 aromatic heterocycles. The van der Waals surface area contributed by atoms with E-state index >= 15 is 0 Å². The molecule has 78 valence electrons. The van der Waals surface area contributed by atoms with E-state index in [1.165, 1.54) is 7.11 Å². The van der Waals surface area contributed by atoms with E-state index in [0.717, 1.165) is 0 Å². The Labute approximate surface area is 87.2 Å². The first-order valence-electron chi connectivity index (χ1n) is 4.56. The second-order valence-electron chi connectivity index (χ2n) is 3.54. The van der Waals surface area contributed by atoms with Gasteiger partial charge in [0.2, 0.25) is 0 Å². The normalized spacial score (nSPS) is 23.2. The molecule has 1 aliphatic heterocycles. The SMILES string of the molecule is COC(=O)C1(C)N=C1c1ccccc1O. The molecule has 2 rings (SSSR count). The zero-order valence-corrected chi connectivity index (χ0v) is 8.52. The fourth-order valence-corrected chi connectivity index (χ4v) is 1.53. The summed E-state index contributed by atoms with van der Waals surface area (Å²) in [5.41, 5.74) is 0.256. The van der Waals surface area contributed by atoms with Crippen molar-refractivity contribution in [2.45, 2.75) is 12.5 Å². The Hall–Kier alpha value is -1.84. The van der Waals surface area contributed by atoms with Gasteiger partial charge in [-0.25, -0.2) is 4.79 Å². The molecule has 4 heteroatoms. The van der Waals surface area contributed by atoms with Gasteiger partial charge >= 0.3 is 5.97 Å². The number of carbonyl (C=O) groups is 1. The molecule has 1 atom stereocenters. The average molecular weight is 205 g/mol. The van der Waals surface area contributed by atoms with Crippen LogP contribution in [0.3, 0.4) is 0 Å². The second kappa shape index (κ2) is 3.08. The zero-order chi connectivity index (χ0) is 11.1. The van der Waals surface area contributed by atoms with Gasteiger partial charge in [0.1, 0.15) is 5.75 Å². The highest BCUT2D eigenvalue weighted by atomic mass is 16.5. The Morgan fingerprint density at radius 3 is 2.73 bits per heavy atom. The number of benzene rings is 1. The monoisotopic (exact) mass is 205 g/mol. The highest BCUT2D eigenvalue weighted by molar-refractivity contribution is 6.29. The Balaban J connectivity index is 2.28. The van der Waals surface area contributed by atoms with Crippen LogP contribution in [0.15, 0.2) is 29.3 Å². The van der Waals surface area contributed by atoms with E-state index in [0.29, 0.717) is 11.3 Å². The van der Waals surface area contributed by atoms with Gasteiger partial charge in [-0.3, -0.25) is 4.99 Å². The number of para-hydroxylation sites is 1. The van der Waals surface area contributed by atoms with Crippen LogP contribution in [0.5, 0.6) is 5.75 Å². The lowest BCUT2D eigenvalue weighted by Crippen LogP contribution is -2.28. The number of nitrogens with zero attached hydrogens (tertiary/aromatic N) is 1. The van der Waals surface area contributed by atoms with Crippen molar-refractivity contribution in [3.8, 4) is 5.75 Å². The van der Waals surface area contributed by atoms with Gasteiger partial charge in [0, 0.05) is 5.56 Å². The van der Waals surface area contributed by atoms with Crippen LogP contribution in [-0.4, -0.2) is 29.4 Å². The predicted molar refractivity (Wildman–Crippen MR) is 55.1 cm³/mol. The molecule has 1 aromatic carbocycles. The maximum atomic E-state index is 11.4. The molecule has 0 amide bonds. The largest absolute Gasteiger partial charge is 0.507 e. The summed E-state index contributed by atoms with van der Waals surface area (Å²) in [5, 5.41) is 9.57. The number of aromatic hydroxyl groups is 1. The first-order valence-corrected chi connectivity index (χ1v) is 4.56. The van der Waals surface area contributed by atoms with E-state index in [4.69, 9.17) is 0 Å². The average Bonchev–Trinajstić information content (AvgIpc) is 2.91. The van der Waals surface area contributed by atoms with Crippen LogP contribution in [0.2, 0.25) is 0 Å². The van der Waals surface area contributed by atoms with Crippen LogP contribution in [-0.2, 0) is 9.53 Å². The molecule has 0 bridgehead atoms. The van der Waals surface area contributed by atoms with Gasteiger partial charge in [0.25, 0.3) is 0 Å². The van der Waals surface area contributed by atoms with Crippen molar-refractivity contribution in [2.75, 3.05) is 7.11 Å². The van der Waals surface area contributed by atoms with Crippen LogP contribution in [0.25, 0.3) is 0 Å². The third kappa shape index (κ3) is 1.38. The molecular weight excluding hydrogens is 194 g/mol. The fourth-order valence-electron chi connectivity index (χ4n) is 1.53. The van der Waals surface area contributed by atoms with Crippen LogP contribution in [0, 0.1) is 0 Å². The lowest BCUT2D eigenvalue weighted by Gasteiger charge is -2.06. The Bertz CT molecular complexity index is 453. The smallest absolute Gasteiger partial charge is 0.339 e. The summed E-state index contributed by atoms with van der Waals surface area (Å²) in [7, 11) is 1.32. The standard InChI is InChI=1S/C11H11NO3/c1-11(10(14)15-2)9(12-11)7-5-3-4-6-8(7)13/h3-6,13H,1-2H3. The molecule has 15 heavy (non-hydrogen) atoms. The van der Waals surface area contributed by atoms with Gasteiger partial charge < -0.3 is 9.84 Å². The number of phenolic OH excluding ortho intramolecular Hbond substituents is 1. The molecule has 0 fully saturated rings. The van der Waals surface area contributed by atoms with Gasteiger partial charge in [-0.1, -0.05) is 12.1 Å². The molecular formula is C11H11NO3. The summed E-state index contributed by atoms with van der Waals surface area (Å²) in [6.45, 7) is 1.67. The molecule has 0 spiro atoms. The molecule has 1 heterocycles. The van der Waals surface area contributed by atoms with Crippen molar-refractivity contribution in [3.05, 3.63) is 29.8 Å². The van der Waals surface area contributed by atoms with Crippen molar-refractivity contribution in [2.24, 2.45) is 4.99 Å². The highest BCUT2D eigenvalue weighted by Gasteiger charge is 2.52. The number of methoxy groups -OCH3 is 1. The zero-order valence-electron chi connectivity index (χ0n) is 8.52. The first kappa shape index (κ1) is 9.71. The van der Waals surface area contributed by atoms with Crippen LogP contribution in [0.1, 0.15) is 12.5 Å². The Morgan fingerprint density at radius 1 is 1.47 bits per heavy atom. The van der Waals surface area contributed by atoms with Crippen LogP contribution in [0.4, 0.5) is 0 Å². The van der Waals surface area contributed by atoms with Gasteiger partial charge in [-0.2, -0.15) is 0 Å². The minimum atomic E-state index is -0.909. The topological polar surface area (TPSA) is 58.9 Å². The molecule has 0 aliphatic carbocycles. The predicted octanol–water partition coefficient (Wildman–Crippen LogP) is 1.13. The summed E-state index contributed by atoms with van der Waals surface area (Å²) < 4.78 is 4.63. The third-order valence-electron chi connectivity index (χ3n) is 2.49. The first-order chi connectivity index (χ1) is 7.09. The van der Waals surface area contributed by atoms with E-state index < -0.39 is 11.5 Å². The van der Waals surface area contributed by atoms with E-state index in [9.17, 15) is 9.90 Å². The van der Waals surface area contributed by atoms with Crippen LogP contribution >= 0.6 is 0 Å². The summed E-state index contributed by atoms with van der Waals surface area (Å²) in [6.07, 6.45) is 0. The minimum absolute atomic E-state index is 0.129. The van der Waals surface area contributed by atoms with Gasteiger partial charge in [-0.15, -0.1) is 0 Å². The van der Waals surface area contributed by atoms with Crippen molar-refractivity contribution in [3.63, 3.8) is 0 Å². The van der Waals surface area contributed by atoms with E-state index in [-0.39, 0.29) is 5.75 Å². The Kier molecular flexibility index (Phi) is 2.00. The number of phenols is 1. The molecule has 0 saturated heterocycles. The van der Waals surface area contributed by atoms with Gasteiger partial charge in [0.15, 0.2) is 5.54 Å². The second-order valence-corrected chi connectivity index (χ2v) is 3.54. The number of carbonyl (C=O) groups excluding carboxylic acids is 1. The highest BCUT2D eigenvalue weighted by Crippen LogP contribution is 2.36. The van der Waals surface area contributed by atoms with Crippen molar-refractivity contribution in [1.82, 2.24) is 0 Å². The van der Waals surface area contributed by atoms with Gasteiger partial charge in [-0.05, 0) is 19.1 Å². The fraction of sp³-hybridized carbons (Fsp3) is 0.273. The number of hydrogen-bond acceptors (Lipinski definition) is 4. The summed E-state index contributed by atoms with van der Waals surface area (Å²) in [4.78, 5) is 15.4. The molecule has 1 unspecified atom stereocenters. The van der Waals surface area contributed by atoms with Crippen molar-refractivity contribution >= 4 is 11.7 Å². The molecule has 4 nitrogen and oxygen atoms in total. The number of rotatable bonds is 2. The number of hydrogen-bond donors (Lipinski definition) is 1. The van der Waals surface area contributed by atoms with E-state index in [1.54, 1.807) is 31.2 Å². The maximum Gasteiger partial charge on any atom is 0.339 e. The van der Waals surface area contributed by atoms with Crippen molar-refractivity contribution in [1.29, 1.82) is 0 Å². The third-order valence-corrected chi connectivity index (χ3v) is 2.49. The maximum absolute atomic E-state index is 11.4. The van der Waals surface area contributed by atoms with E-state index in [2.05, 4.69) is 9.73 Å². The summed E-state index contributed by atoms with van der Waals surface area (Å²) >= 11 is 0. The molecule has 0 saturated carbocycles. The molecule has 1 aliphatic rings. The quantitative estimate of drug-likeness (QED) is 0.736. The summed E-state index contributed by atoms with van der Waals surface area (Å²) in [6, 6.07) is 6.79. The number of aliphatic imine (C=N–C) groups is 1. The van der Waals surface area contributed by atoms with Crippen LogP contribution < -0.4 is 0 Å². The van der Waals surface area contributed by atoms with E-state index in [1.807, 2.05) is 0 Å². The van der Waals surface area contributed by atoms with Crippen molar-refractivity contribution < 1.29 is 14.6 Å². The number of ether oxygens (including phenoxy) is 1. The number of esters is 1. The summed E-state index contributed by atoms with van der Waals surface area (Å²) in [5.74, 6) is -0.273. The lowest BCUT2D eigenvalue weighted by atomic mass is 10.00. The molecule has 0 radical (unpaired) electrons.